The number of hydrogen-bond donors (Lipinski definition) is 1. The SMILES string of the molecule is CCCNC(Cc1cccc(F)c1)c1ccc(I)cc1. The van der Waals surface area contributed by atoms with E-state index in [1.54, 1.807) is 12.1 Å². The van der Waals surface area contributed by atoms with Gasteiger partial charge in [-0.25, -0.2) is 4.39 Å². The summed E-state index contributed by atoms with van der Waals surface area (Å²) >= 11 is 2.31. The summed E-state index contributed by atoms with van der Waals surface area (Å²) < 4.78 is 14.5. The summed E-state index contributed by atoms with van der Waals surface area (Å²) in [5, 5.41) is 3.55. The summed E-state index contributed by atoms with van der Waals surface area (Å²) in [6, 6.07) is 15.6. The van der Waals surface area contributed by atoms with Crippen LogP contribution in [0.25, 0.3) is 0 Å². The van der Waals surface area contributed by atoms with Gasteiger partial charge in [-0.05, 0) is 77.4 Å². The Labute approximate surface area is 133 Å². The molecule has 106 valence electrons. The van der Waals surface area contributed by atoms with Crippen LogP contribution in [0.15, 0.2) is 48.5 Å². The van der Waals surface area contributed by atoms with Crippen molar-refractivity contribution >= 4 is 22.6 Å². The largest absolute Gasteiger partial charge is 0.310 e. The summed E-state index contributed by atoms with van der Waals surface area (Å²) in [5.41, 5.74) is 2.28. The molecule has 0 aliphatic heterocycles. The van der Waals surface area contributed by atoms with Gasteiger partial charge >= 0.3 is 0 Å². The minimum atomic E-state index is -0.167. The summed E-state index contributed by atoms with van der Waals surface area (Å²) in [6.07, 6.45) is 1.89. The van der Waals surface area contributed by atoms with Gasteiger partial charge in [0.15, 0.2) is 0 Å². The van der Waals surface area contributed by atoms with Crippen LogP contribution >= 0.6 is 22.6 Å². The molecule has 1 N–H and O–H groups in total. The van der Waals surface area contributed by atoms with Crippen molar-refractivity contribution < 1.29 is 4.39 Å². The van der Waals surface area contributed by atoms with Crippen molar-refractivity contribution in [2.75, 3.05) is 6.54 Å². The van der Waals surface area contributed by atoms with Gasteiger partial charge in [-0.15, -0.1) is 0 Å². The molecule has 0 bridgehead atoms. The topological polar surface area (TPSA) is 12.0 Å². The zero-order chi connectivity index (χ0) is 14.4. The van der Waals surface area contributed by atoms with Gasteiger partial charge < -0.3 is 5.32 Å². The zero-order valence-electron chi connectivity index (χ0n) is 11.6. The lowest BCUT2D eigenvalue weighted by atomic mass is 9.98. The van der Waals surface area contributed by atoms with Crippen LogP contribution in [0.3, 0.4) is 0 Å². The third-order valence-corrected chi connectivity index (χ3v) is 3.96. The van der Waals surface area contributed by atoms with E-state index in [0.29, 0.717) is 0 Å². The monoisotopic (exact) mass is 383 g/mol. The molecule has 0 amide bonds. The van der Waals surface area contributed by atoms with Gasteiger partial charge in [-0.3, -0.25) is 0 Å². The first-order valence-corrected chi connectivity index (χ1v) is 8.00. The maximum Gasteiger partial charge on any atom is 0.123 e. The van der Waals surface area contributed by atoms with E-state index in [1.165, 1.54) is 15.2 Å². The van der Waals surface area contributed by atoms with E-state index in [0.717, 1.165) is 24.9 Å². The van der Waals surface area contributed by atoms with Gasteiger partial charge in [0.25, 0.3) is 0 Å². The highest BCUT2D eigenvalue weighted by Crippen LogP contribution is 2.20. The van der Waals surface area contributed by atoms with E-state index >= 15 is 0 Å². The average Bonchev–Trinajstić information content (AvgIpc) is 2.44. The fourth-order valence-corrected chi connectivity index (χ4v) is 2.58. The van der Waals surface area contributed by atoms with Crippen LogP contribution in [0.1, 0.15) is 30.5 Å². The quantitative estimate of drug-likeness (QED) is 0.713. The molecular weight excluding hydrogens is 364 g/mol. The van der Waals surface area contributed by atoms with Gasteiger partial charge in [0, 0.05) is 9.61 Å². The Bertz CT molecular complexity index is 539. The summed E-state index contributed by atoms with van der Waals surface area (Å²) in [4.78, 5) is 0. The Morgan fingerprint density at radius 3 is 2.55 bits per heavy atom. The number of benzene rings is 2. The lowest BCUT2D eigenvalue weighted by molar-refractivity contribution is 0.527. The Balaban J connectivity index is 2.16. The van der Waals surface area contributed by atoms with Crippen LogP contribution in [0.2, 0.25) is 0 Å². The Morgan fingerprint density at radius 2 is 1.90 bits per heavy atom. The van der Waals surface area contributed by atoms with Crippen molar-refractivity contribution in [3.8, 4) is 0 Å². The minimum Gasteiger partial charge on any atom is -0.310 e. The highest BCUT2D eigenvalue weighted by Gasteiger charge is 2.11. The third kappa shape index (κ3) is 4.56. The maximum absolute atomic E-state index is 13.3. The van der Waals surface area contributed by atoms with Crippen LogP contribution in [0.4, 0.5) is 4.39 Å². The first-order chi connectivity index (χ1) is 9.69. The Kier molecular flexibility index (Phi) is 5.98. The van der Waals surface area contributed by atoms with Gasteiger partial charge in [0.2, 0.25) is 0 Å². The predicted octanol–water partition coefficient (Wildman–Crippen LogP) is 4.71. The molecule has 1 nitrogen and oxygen atoms in total. The molecule has 3 heteroatoms. The lowest BCUT2D eigenvalue weighted by Gasteiger charge is -2.19. The van der Waals surface area contributed by atoms with E-state index in [9.17, 15) is 4.39 Å². The smallest absolute Gasteiger partial charge is 0.123 e. The minimum absolute atomic E-state index is 0.167. The molecule has 1 atom stereocenters. The van der Waals surface area contributed by atoms with Gasteiger partial charge in [-0.2, -0.15) is 0 Å². The molecule has 1 unspecified atom stereocenters. The molecule has 0 aromatic heterocycles. The molecule has 0 heterocycles. The molecular formula is C17H19FIN. The van der Waals surface area contributed by atoms with Gasteiger partial charge in [-0.1, -0.05) is 31.2 Å². The predicted molar refractivity (Wildman–Crippen MR) is 90.3 cm³/mol. The van der Waals surface area contributed by atoms with E-state index < -0.39 is 0 Å². The van der Waals surface area contributed by atoms with E-state index in [-0.39, 0.29) is 11.9 Å². The fraction of sp³-hybridized carbons (Fsp3) is 0.294. The second-order valence-corrected chi connectivity index (χ2v) is 6.14. The summed E-state index contributed by atoms with van der Waals surface area (Å²) in [5.74, 6) is -0.167. The molecule has 0 aliphatic rings. The van der Waals surface area contributed by atoms with Crippen molar-refractivity contribution in [1.82, 2.24) is 5.32 Å². The molecule has 0 fully saturated rings. The van der Waals surface area contributed by atoms with Crippen molar-refractivity contribution in [2.45, 2.75) is 25.8 Å². The molecule has 2 aromatic carbocycles. The first-order valence-electron chi connectivity index (χ1n) is 6.92. The molecule has 0 spiro atoms. The Morgan fingerprint density at radius 1 is 1.15 bits per heavy atom. The highest BCUT2D eigenvalue weighted by atomic mass is 127. The molecule has 20 heavy (non-hydrogen) atoms. The highest BCUT2D eigenvalue weighted by molar-refractivity contribution is 14.1. The normalized spacial score (nSPS) is 12.3. The van der Waals surface area contributed by atoms with Crippen molar-refractivity contribution in [2.24, 2.45) is 0 Å². The molecule has 0 saturated carbocycles. The maximum atomic E-state index is 13.3. The van der Waals surface area contributed by atoms with E-state index in [2.05, 4.69) is 59.1 Å². The van der Waals surface area contributed by atoms with E-state index in [1.807, 2.05) is 6.07 Å². The second kappa shape index (κ2) is 7.74. The van der Waals surface area contributed by atoms with E-state index in [4.69, 9.17) is 0 Å². The van der Waals surface area contributed by atoms with Crippen molar-refractivity contribution in [3.05, 3.63) is 69.0 Å². The average molecular weight is 383 g/mol. The van der Waals surface area contributed by atoms with Crippen molar-refractivity contribution in [1.29, 1.82) is 0 Å². The zero-order valence-corrected chi connectivity index (χ0v) is 13.7. The fourth-order valence-electron chi connectivity index (χ4n) is 2.22. The second-order valence-electron chi connectivity index (χ2n) is 4.89. The standard InChI is InChI=1S/C17H19FIN/c1-2-10-20-17(14-6-8-16(19)9-7-14)12-13-4-3-5-15(18)11-13/h3-9,11,17,20H,2,10,12H2,1H3. The summed E-state index contributed by atoms with van der Waals surface area (Å²) in [6.45, 7) is 3.12. The molecule has 0 aliphatic carbocycles. The number of hydrogen-bond acceptors (Lipinski definition) is 1. The number of halogens is 2. The molecule has 0 saturated heterocycles. The van der Waals surface area contributed by atoms with Gasteiger partial charge in [0.05, 0.1) is 0 Å². The molecule has 2 aromatic rings. The Hall–Kier alpha value is -0.940. The third-order valence-electron chi connectivity index (χ3n) is 3.24. The molecule has 0 radical (unpaired) electrons. The van der Waals surface area contributed by atoms with Crippen LogP contribution < -0.4 is 5.32 Å². The number of rotatable bonds is 6. The molecule has 2 rings (SSSR count). The first kappa shape index (κ1) is 15.4. The van der Waals surface area contributed by atoms with Crippen LogP contribution in [-0.2, 0) is 6.42 Å². The lowest BCUT2D eigenvalue weighted by Crippen LogP contribution is -2.24. The number of nitrogens with one attached hydrogen (secondary N) is 1. The summed E-state index contributed by atoms with van der Waals surface area (Å²) in [7, 11) is 0. The van der Waals surface area contributed by atoms with Crippen molar-refractivity contribution in [3.63, 3.8) is 0 Å². The van der Waals surface area contributed by atoms with Crippen LogP contribution in [0.5, 0.6) is 0 Å². The van der Waals surface area contributed by atoms with Crippen LogP contribution in [-0.4, -0.2) is 6.54 Å². The van der Waals surface area contributed by atoms with Gasteiger partial charge in [0.1, 0.15) is 5.82 Å². The van der Waals surface area contributed by atoms with Crippen LogP contribution in [0, 0.1) is 9.39 Å².